The number of aryl methyl sites for hydroxylation is 1. The second-order valence-corrected chi connectivity index (χ2v) is 4.88. The number of nitrogens with one attached hydrogen (secondary N) is 2. The molecule has 0 bridgehead atoms. The van der Waals surface area contributed by atoms with E-state index in [0.29, 0.717) is 5.95 Å². The van der Waals surface area contributed by atoms with E-state index in [2.05, 4.69) is 39.7 Å². The molecule has 0 atom stereocenters. The van der Waals surface area contributed by atoms with Crippen molar-refractivity contribution in [3.63, 3.8) is 0 Å². The molecular weight excluding hydrogens is 260 g/mol. The molecule has 0 saturated heterocycles. The van der Waals surface area contributed by atoms with Crippen molar-refractivity contribution in [3.8, 4) is 0 Å². The maximum absolute atomic E-state index is 4.59. The van der Waals surface area contributed by atoms with E-state index in [1.54, 1.807) is 0 Å². The highest BCUT2D eigenvalue weighted by molar-refractivity contribution is 5.91. The van der Waals surface area contributed by atoms with Gasteiger partial charge in [0.1, 0.15) is 5.82 Å². The van der Waals surface area contributed by atoms with Gasteiger partial charge in [0.25, 0.3) is 0 Å². The monoisotopic (exact) mass is 278 g/mol. The van der Waals surface area contributed by atoms with Gasteiger partial charge in [0, 0.05) is 17.6 Å². The summed E-state index contributed by atoms with van der Waals surface area (Å²) >= 11 is 0. The molecule has 0 aliphatic heterocycles. The largest absolute Gasteiger partial charge is 0.354 e. The molecule has 21 heavy (non-hydrogen) atoms. The second-order valence-electron chi connectivity index (χ2n) is 4.88. The minimum Gasteiger partial charge on any atom is -0.354 e. The van der Waals surface area contributed by atoms with E-state index in [0.717, 1.165) is 29.0 Å². The van der Waals surface area contributed by atoms with E-state index in [1.165, 1.54) is 5.56 Å². The molecule has 0 unspecified atom stereocenters. The van der Waals surface area contributed by atoms with Crippen molar-refractivity contribution >= 4 is 28.4 Å². The first-order valence-corrected chi connectivity index (χ1v) is 7.11. The standard InChI is InChI=1S/C17H18N4/c1-3-18-17-20-15-11-7-5-9-13(15)16(21-17)19-14-10-6-4-8-12(14)2/h4-11H,3H2,1-2H3,(H2,18,19,20,21). The van der Waals surface area contributed by atoms with Crippen LogP contribution in [-0.4, -0.2) is 16.5 Å². The average Bonchev–Trinajstić information content (AvgIpc) is 2.50. The fourth-order valence-corrected chi connectivity index (χ4v) is 2.25. The lowest BCUT2D eigenvalue weighted by molar-refractivity contribution is 1.11. The van der Waals surface area contributed by atoms with Gasteiger partial charge in [0.05, 0.1) is 5.52 Å². The molecular formula is C17H18N4. The Morgan fingerprint density at radius 3 is 2.52 bits per heavy atom. The molecule has 1 heterocycles. The number of para-hydroxylation sites is 2. The van der Waals surface area contributed by atoms with Crippen molar-refractivity contribution in [2.75, 3.05) is 17.2 Å². The fraction of sp³-hybridized carbons (Fsp3) is 0.176. The van der Waals surface area contributed by atoms with Crippen molar-refractivity contribution < 1.29 is 0 Å². The van der Waals surface area contributed by atoms with E-state index >= 15 is 0 Å². The van der Waals surface area contributed by atoms with Crippen LogP contribution in [0.1, 0.15) is 12.5 Å². The van der Waals surface area contributed by atoms with Crippen LogP contribution in [0.5, 0.6) is 0 Å². The summed E-state index contributed by atoms with van der Waals surface area (Å²) in [4.78, 5) is 9.12. The van der Waals surface area contributed by atoms with E-state index in [1.807, 2.05) is 43.3 Å². The molecule has 2 aromatic carbocycles. The quantitative estimate of drug-likeness (QED) is 0.754. The fourth-order valence-electron chi connectivity index (χ4n) is 2.25. The highest BCUT2D eigenvalue weighted by atomic mass is 15.1. The third-order valence-electron chi connectivity index (χ3n) is 3.34. The molecule has 0 aliphatic carbocycles. The smallest absolute Gasteiger partial charge is 0.225 e. The van der Waals surface area contributed by atoms with E-state index in [9.17, 15) is 0 Å². The average molecular weight is 278 g/mol. The molecule has 4 nitrogen and oxygen atoms in total. The zero-order chi connectivity index (χ0) is 14.7. The summed E-state index contributed by atoms with van der Waals surface area (Å²) in [6.07, 6.45) is 0. The highest BCUT2D eigenvalue weighted by Crippen LogP contribution is 2.26. The van der Waals surface area contributed by atoms with Gasteiger partial charge in [-0.05, 0) is 37.6 Å². The molecule has 0 radical (unpaired) electrons. The maximum atomic E-state index is 4.59. The van der Waals surface area contributed by atoms with Crippen LogP contribution in [0.3, 0.4) is 0 Å². The number of rotatable bonds is 4. The molecule has 0 spiro atoms. The van der Waals surface area contributed by atoms with Crippen LogP contribution in [0.2, 0.25) is 0 Å². The SMILES string of the molecule is CCNc1nc(Nc2ccccc2C)c2ccccc2n1. The van der Waals surface area contributed by atoms with Crippen molar-refractivity contribution in [1.29, 1.82) is 0 Å². The van der Waals surface area contributed by atoms with Crippen molar-refractivity contribution in [2.24, 2.45) is 0 Å². The summed E-state index contributed by atoms with van der Waals surface area (Å²) in [5.74, 6) is 1.47. The van der Waals surface area contributed by atoms with Crippen molar-refractivity contribution in [1.82, 2.24) is 9.97 Å². The predicted molar refractivity (Wildman–Crippen MR) is 88.2 cm³/mol. The van der Waals surface area contributed by atoms with Crippen LogP contribution < -0.4 is 10.6 Å². The number of fused-ring (bicyclic) bond motifs is 1. The van der Waals surface area contributed by atoms with Gasteiger partial charge in [-0.2, -0.15) is 4.98 Å². The Bertz CT molecular complexity index is 768. The van der Waals surface area contributed by atoms with Crippen LogP contribution >= 0.6 is 0 Å². The Hall–Kier alpha value is -2.62. The van der Waals surface area contributed by atoms with Crippen LogP contribution in [0.15, 0.2) is 48.5 Å². The Kier molecular flexibility index (Phi) is 3.69. The Morgan fingerprint density at radius 2 is 1.71 bits per heavy atom. The molecule has 0 saturated carbocycles. The zero-order valence-electron chi connectivity index (χ0n) is 12.2. The lowest BCUT2D eigenvalue weighted by Gasteiger charge is -2.12. The van der Waals surface area contributed by atoms with E-state index in [-0.39, 0.29) is 0 Å². The van der Waals surface area contributed by atoms with Gasteiger partial charge >= 0.3 is 0 Å². The van der Waals surface area contributed by atoms with Gasteiger partial charge in [-0.15, -0.1) is 0 Å². The Labute approximate surface area is 124 Å². The predicted octanol–water partition coefficient (Wildman–Crippen LogP) is 4.11. The van der Waals surface area contributed by atoms with Gasteiger partial charge in [-0.1, -0.05) is 30.3 Å². The number of anilines is 3. The zero-order valence-corrected chi connectivity index (χ0v) is 12.2. The minimum atomic E-state index is 0.646. The van der Waals surface area contributed by atoms with Crippen LogP contribution in [-0.2, 0) is 0 Å². The third kappa shape index (κ3) is 2.79. The van der Waals surface area contributed by atoms with Gasteiger partial charge in [-0.3, -0.25) is 0 Å². The number of benzene rings is 2. The van der Waals surface area contributed by atoms with Crippen molar-refractivity contribution in [2.45, 2.75) is 13.8 Å². The number of aromatic nitrogens is 2. The second kappa shape index (κ2) is 5.79. The Balaban J connectivity index is 2.09. The normalized spacial score (nSPS) is 10.6. The first-order valence-electron chi connectivity index (χ1n) is 7.11. The molecule has 0 amide bonds. The molecule has 2 N–H and O–H groups in total. The van der Waals surface area contributed by atoms with Gasteiger partial charge in [0.15, 0.2) is 0 Å². The topological polar surface area (TPSA) is 49.8 Å². The Morgan fingerprint density at radius 1 is 0.952 bits per heavy atom. The van der Waals surface area contributed by atoms with Crippen LogP contribution in [0, 0.1) is 6.92 Å². The van der Waals surface area contributed by atoms with Crippen LogP contribution in [0.25, 0.3) is 10.9 Å². The van der Waals surface area contributed by atoms with E-state index < -0.39 is 0 Å². The first-order chi connectivity index (χ1) is 10.3. The first kappa shape index (κ1) is 13.4. The maximum Gasteiger partial charge on any atom is 0.225 e. The summed E-state index contributed by atoms with van der Waals surface area (Å²) in [5.41, 5.74) is 3.17. The summed E-state index contributed by atoms with van der Waals surface area (Å²) in [6.45, 7) is 4.91. The lowest BCUT2D eigenvalue weighted by atomic mass is 10.2. The summed E-state index contributed by atoms with van der Waals surface area (Å²) in [5, 5.41) is 7.62. The number of hydrogen-bond donors (Lipinski definition) is 2. The summed E-state index contributed by atoms with van der Waals surface area (Å²) in [6, 6.07) is 16.2. The highest BCUT2D eigenvalue weighted by Gasteiger charge is 2.08. The van der Waals surface area contributed by atoms with E-state index in [4.69, 9.17) is 0 Å². The molecule has 106 valence electrons. The molecule has 4 heteroatoms. The molecule has 0 fully saturated rings. The number of hydrogen-bond acceptors (Lipinski definition) is 4. The lowest BCUT2D eigenvalue weighted by Crippen LogP contribution is -2.05. The molecule has 3 aromatic rings. The molecule has 0 aliphatic rings. The third-order valence-corrected chi connectivity index (χ3v) is 3.34. The van der Waals surface area contributed by atoms with Gasteiger partial charge in [0.2, 0.25) is 5.95 Å². The molecule has 3 rings (SSSR count). The number of nitrogens with zero attached hydrogens (tertiary/aromatic N) is 2. The van der Waals surface area contributed by atoms with Gasteiger partial charge < -0.3 is 10.6 Å². The minimum absolute atomic E-state index is 0.646. The van der Waals surface area contributed by atoms with Crippen LogP contribution in [0.4, 0.5) is 17.5 Å². The summed E-state index contributed by atoms with van der Waals surface area (Å²) < 4.78 is 0. The van der Waals surface area contributed by atoms with Crippen molar-refractivity contribution in [3.05, 3.63) is 54.1 Å². The summed E-state index contributed by atoms with van der Waals surface area (Å²) in [7, 11) is 0. The molecule has 1 aromatic heterocycles. The van der Waals surface area contributed by atoms with Gasteiger partial charge in [-0.25, -0.2) is 4.98 Å².